The summed E-state index contributed by atoms with van der Waals surface area (Å²) in [7, 11) is 0. The molecule has 1 aliphatic heterocycles. The predicted octanol–water partition coefficient (Wildman–Crippen LogP) is -2.88. The summed E-state index contributed by atoms with van der Waals surface area (Å²) in [6.45, 7) is 5.09. The average Bonchev–Trinajstić information content (AvgIpc) is 2.12. The van der Waals surface area contributed by atoms with E-state index in [1.54, 1.807) is 0 Å². The van der Waals surface area contributed by atoms with Crippen LogP contribution in [0.5, 0.6) is 0 Å². The van der Waals surface area contributed by atoms with Crippen molar-refractivity contribution in [2.24, 2.45) is 0 Å². The molecule has 0 aromatic heterocycles. The number of halogens is 1. The van der Waals surface area contributed by atoms with E-state index in [0.29, 0.717) is 0 Å². The van der Waals surface area contributed by atoms with Gasteiger partial charge in [0.25, 0.3) is 0 Å². The molecular weight excluding hydrogens is 243 g/mol. The molecule has 0 radical (unpaired) electrons. The molecule has 1 atom stereocenters. The van der Waals surface area contributed by atoms with Gasteiger partial charge in [0.15, 0.2) is 0 Å². The van der Waals surface area contributed by atoms with Crippen molar-refractivity contribution in [1.29, 1.82) is 0 Å². The molecule has 0 spiro atoms. The minimum absolute atomic E-state index is 0.00403. The van der Waals surface area contributed by atoms with Crippen LogP contribution in [0.25, 0.3) is 0 Å². The van der Waals surface area contributed by atoms with E-state index in [1.165, 1.54) is 4.43 Å². The van der Waals surface area contributed by atoms with Gasteiger partial charge in [-0.1, -0.05) is 0 Å². The van der Waals surface area contributed by atoms with E-state index in [-0.39, 0.29) is 30.8 Å². The number of alkyl halides is 2. The molecule has 1 heterocycles. The summed E-state index contributed by atoms with van der Waals surface area (Å²) in [6, 6.07) is -0.00403. The van der Waals surface area contributed by atoms with E-state index >= 15 is 0 Å². The summed E-state index contributed by atoms with van der Waals surface area (Å²) in [5.74, 6) is 0. The molecule has 2 amide bonds. The number of urea groups is 1. The van der Waals surface area contributed by atoms with Gasteiger partial charge in [0.05, 0.1) is 0 Å². The Hall–Kier alpha value is 0. The molecule has 60 valence electrons. The van der Waals surface area contributed by atoms with Gasteiger partial charge in [0.1, 0.15) is 0 Å². The molecule has 0 bridgehead atoms. The number of rotatable bonds is 2. The molecule has 10 heavy (non-hydrogen) atoms. The quantitative estimate of drug-likeness (QED) is 0.311. The maximum absolute atomic E-state index is 10.7. The third-order valence-electron chi connectivity index (χ3n) is 1.38. The second-order valence-electron chi connectivity index (χ2n) is 2.41. The van der Waals surface area contributed by atoms with Gasteiger partial charge >= 0.3 is 71.0 Å². The van der Waals surface area contributed by atoms with Gasteiger partial charge in [-0.2, -0.15) is 0 Å². The maximum atomic E-state index is 10.7. The summed E-state index contributed by atoms with van der Waals surface area (Å²) >= 11 is 0.119. The second-order valence-corrected chi connectivity index (χ2v) is 7.08. The number of nitrogens with one attached hydrogen (secondary N) is 2. The van der Waals surface area contributed by atoms with Crippen molar-refractivity contribution in [2.45, 2.75) is 17.4 Å². The van der Waals surface area contributed by atoms with Crippen LogP contribution in [0.3, 0.4) is 0 Å². The van der Waals surface area contributed by atoms with Crippen LogP contribution in [0.4, 0.5) is 4.79 Å². The van der Waals surface area contributed by atoms with Crippen molar-refractivity contribution in [3.8, 4) is 0 Å². The van der Waals surface area contributed by atoms with E-state index < -0.39 is 0 Å². The Morgan fingerprint density at radius 1 is 1.80 bits per heavy atom. The third kappa shape index (κ3) is 1.74. The molecule has 0 aromatic carbocycles. The molecule has 2 N–H and O–H groups in total. The Kier molecular flexibility index (Phi) is 2.38. The molecular formula is C6H12IN2O-. The predicted molar refractivity (Wildman–Crippen MR) is 35.5 cm³/mol. The molecule has 1 unspecified atom stereocenters. The molecule has 4 heteroatoms. The van der Waals surface area contributed by atoms with E-state index in [0.717, 1.165) is 6.54 Å². The van der Waals surface area contributed by atoms with Crippen LogP contribution in [-0.2, 0) is 0 Å². The zero-order valence-corrected chi connectivity index (χ0v) is 8.36. The first-order valence-corrected chi connectivity index (χ1v) is 5.93. The van der Waals surface area contributed by atoms with Crippen molar-refractivity contribution in [1.82, 2.24) is 10.6 Å². The van der Waals surface area contributed by atoms with Crippen LogP contribution in [0.2, 0.25) is 0 Å². The number of amides is 2. The summed E-state index contributed by atoms with van der Waals surface area (Å²) in [5, 5.41) is 5.70. The SMILES string of the molecule is CC[I-]C1(C)CNC(=O)N1. The molecule has 0 aromatic rings. The summed E-state index contributed by atoms with van der Waals surface area (Å²) in [4.78, 5) is 10.7. The van der Waals surface area contributed by atoms with Gasteiger partial charge < -0.3 is 0 Å². The zero-order valence-electron chi connectivity index (χ0n) is 6.20. The number of carbonyl (C=O) groups excluding carboxylic acids is 1. The van der Waals surface area contributed by atoms with E-state index in [2.05, 4.69) is 24.5 Å². The standard InChI is InChI=1S/C6H12IN2O/c1-3-7-6(2)4-8-5(10)9-6/h3-4H2,1-2H3,(H2,8,9,10)/q-1. The Bertz CT molecular complexity index is 151. The summed E-state index contributed by atoms with van der Waals surface area (Å²) in [5.41, 5.74) is 0. The van der Waals surface area contributed by atoms with Crippen molar-refractivity contribution in [2.75, 3.05) is 11.0 Å². The van der Waals surface area contributed by atoms with Crippen molar-refractivity contribution < 1.29 is 26.0 Å². The van der Waals surface area contributed by atoms with Crippen LogP contribution in [0.1, 0.15) is 13.8 Å². The molecule has 3 nitrogen and oxygen atoms in total. The van der Waals surface area contributed by atoms with Crippen LogP contribution >= 0.6 is 0 Å². The number of hydrogen-bond acceptors (Lipinski definition) is 1. The monoisotopic (exact) mass is 255 g/mol. The van der Waals surface area contributed by atoms with Crippen LogP contribution in [0.15, 0.2) is 0 Å². The Morgan fingerprint density at radius 3 is 2.90 bits per heavy atom. The number of hydrogen-bond donors (Lipinski definition) is 2. The van der Waals surface area contributed by atoms with Gasteiger partial charge in [-0.15, -0.1) is 0 Å². The molecule has 1 fully saturated rings. The van der Waals surface area contributed by atoms with Crippen LogP contribution in [0, 0.1) is 0 Å². The fraction of sp³-hybridized carbons (Fsp3) is 0.833. The van der Waals surface area contributed by atoms with Gasteiger partial charge in [-0.3, -0.25) is 0 Å². The van der Waals surface area contributed by atoms with Gasteiger partial charge in [-0.25, -0.2) is 0 Å². The average molecular weight is 255 g/mol. The number of carbonyl (C=O) groups is 1. The fourth-order valence-corrected chi connectivity index (χ4v) is 3.53. The molecule has 1 aliphatic rings. The van der Waals surface area contributed by atoms with Gasteiger partial charge in [0.2, 0.25) is 0 Å². The molecule has 0 aliphatic carbocycles. The normalized spacial score (nSPS) is 32.0. The Balaban J connectivity index is 2.46. The van der Waals surface area contributed by atoms with Gasteiger partial charge in [-0.05, 0) is 0 Å². The first-order valence-electron chi connectivity index (χ1n) is 3.32. The van der Waals surface area contributed by atoms with Crippen LogP contribution < -0.4 is 31.8 Å². The van der Waals surface area contributed by atoms with Gasteiger partial charge in [0, 0.05) is 0 Å². The molecule has 1 rings (SSSR count). The third-order valence-corrected chi connectivity index (χ3v) is 4.48. The molecule has 1 saturated heterocycles. The van der Waals surface area contributed by atoms with E-state index in [9.17, 15) is 4.79 Å². The second kappa shape index (κ2) is 2.94. The topological polar surface area (TPSA) is 41.1 Å². The summed E-state index contributed by atoms with van der Waals surface area (Å²) < 4.78 is 1.34. The Labute approximate surface area is 71.2 Å². The minimum atomic E-state index is -0.00403. The van der Waals surface area contributed by atoms with Crippen molar-refractivity contribution in [3.05, 3.63) is 0 Å². The first-order chi connectivity index (χ1) is 4.66. The summed E-state index contributed by atoms with van der Waals surface area (Å²) in [6.07, 6.45) is 0. The first kappa shape index (κ1) is 8.10. The van der Waals surface area contributed by atoms with Crippen LogP contribution in [-0.4, -0.2) is 20.5 Å². The van der Waals surface area contributed by atoms with E-state index in [4.69, 9.17) is 0 Å². The van der Waals surface area contributed by atoms with Crippen molar-refractivity contribution in [3.63, 3.8) is 0 Å². The Morgan fingerprint density at radius 2 is 2.50 bits per heavy atom. The van der Waals surface area contributed by atoms with Crippen molar-refractivity contribution >= 4 is 6.03 Å². The fourth-order valence-electron chi connectivity index (χ4n) is 0.947. The van der Waals surface area contributed by atoms with E-state index in [1.807, 2.05) is 0 Å². The zero-order chi connectivity index (χ0) is 7.61. The molecule has 0 saturated carbocycles.